The van der Waals surface area contributed by atoms with E-state index in [1.165, 1.54) is 11.1 Å². The van der Waals surface area contributed by atoms with E-state index < -0.39 is 0 Å². The van der Waals surface area contributed by atoms with Crippen LogP contribution in [0.1, 0.15) is 28.3 Å². The minimum atomic E-state index is 0.710. The molecule has 3 aromatic rings. The van der Waals surface area contributed by atoms with E-state index in [4.69, 9.17) is 14.5 Å². The van der Waals surface area contributed by atoms with Crippen LogP contribution in [0, 0.1) is 6.92 Å². The highest BCUT2D eigenvalue weighted by Crippen LogP contribution is 2.16. The van der Waals surface area contributed by atoms with Crippen molar-refractivity contribution in [2.24, 2.45) is 0 Å². The maximum Gasteiger partial charge on any atom is 0.133 e. The number of benzene rings is 2. The lowest BCUT2D eigenvalue weighted by Crippen LogP contribution is -2.03. The van der Waals surface area contributed by atoms with Gasteiger partial charge in [0.1, 0.15) is 17.3 Å². The second-order valence-electron chi connectivity index (χ2n) is 5.97. The average Bonchev–Trinajstić information content (AvgIpc) is 2.62. The molecule has 0 bridgehead atoms. The first-order valence-electron chi connectivity index (χ1n) is 8.25. The van der Waals surface area contributed by atoms with Crippen molar-refractivity contribution in [2.75, 3.05) is 14.2 Å². The van der Waals surface area contributed by atoms with Crippen LogP contribution >= 0.6 is 0 Å². The smallest absolute Gasteiger partial charge is 0.133 e. The van der Waals surface area contributed by atoms with E-state index in [0.29, 0.717) is 6.42 Å². The molecular weight excluding hydrogens is 312 g/mol. The maximum atomic E-state index is 5.21. The van der Waals surface area contributed by atoms with Crippen LogP contribution in [0.3, 0.4) is 0 Å². The van der Waals surface area contributed by atoms with Gasteiger partial charge in [-0.1, -0.05) is 24.3 Å². The van der Waals surface area contributed by atoms with E-state index in [-0.39, 0.29) is 0 Å². The zero-order valence-electron chi connectivity index (χ0n) is 14.8. The number of hydrogen-bond acceptors (Lipinski definition) is 4. The van der Waals surface area contributed by atoms with E-state index in [0.717, 1.165) is 35.1 Å². The normalized spacial score (nSPS) is 10.5. The van der Waals surface area contributed by atoms with Crippen LogP contribution in [0.15, 0.2) is 54.6 Å². The van der Waals surface area contributed by atoms with Crippen LogP contribution in [0.5, 0.6) is 11.5 Å². The Labute approximate surface area is 148 Å². The van der Waals surface area contributed by atoms with Crippen LogP contribution in [0.2, 0.25) is 0 Å². The Hall–Kier alpha value is -2.88. The molecule has 0 saturated carbocycles. The highest BCUT2D eigenvalue weighted by atomic mass is 16.5. The molecule has 0 aliphatic carbocycles. The minimum Gasteiger partial charge on any atom is -0.497 e. The summed E-state index contributed by atoms with van der Waals surface area (Å²) in [6, 6.07) is 18.2. The van der Waals surface area contributed by atoms with Crippen LogP contribution in [-0.2, 0) is 12.8 Å². The predicted molar refractivity (Wildman–Crippen MR) is 98.4 cm³/mol. The lowest BCUT2D eigenvalue weighted by Gasteiger charge is -2.08. The number of aryl methyl sites for hydroxylation is 1. The second-order valence-corrected chi connectivity index (χ2v) is 5.97. The zero-order valence-corrected chi connectivity index (χ0v) is 14.8. The molecule has 0 atom stereocenters. The topological polar surface area (TPSA) is 44.2 Å². The summed E-state index contributed by atoms with van der Waals surface area (Å²) >= 11 is 0. The van der Waals surface area contributed by atoms with Crippen molar-refractivity contribution in [1.82, 2.24) is 9.97 Å². The summed E-state index contributed by atoms with van der Waals surface area (Å²) in [5.74, 6) is 2.56. The first-order valence-corrected chi connectivity index (χ1v) is 8.25. The number of methoxy groups -OCH3 is 2. The van der Waals surface area contributed by atoms with E-state index in [9.17, 15) is 0 Å². The summed E-state index contributed by atoms with van der Waals surface area (Å²) in [6.45, 7) is 2.01. The van der Waals surface area contributed by atoms with Gasteiger partial charge in [0.2, 0.25) is 0 Å². The van der Waals surface area contributed by atoms with Crippen LogP contribution < -0.4 is 9.47 Å². The molecule has 0 saturated heterocycles. The van der Waals surface area contributed by atoms with Crippen molar-refractivity contribution in [3.8, 4) is 11.5 Å². The first-order chi connectivity index (χ1) is 12.2. The van der Waals surface area contributed by atoms with Gasteiger partial charge in [-0.3, -0.25) is 0 Å². The van der Waals surface area contributed by atoms with Gasteiger partial charge in [0.15, 0.2) is 0 Å². The van der Waals surface area contributed by atoms with Crippen LogP contribution in [0.4, 0.5) is 0 Å². The van der Waals surface area contributed by atoms with Gasteiger partial charge in [-0.05, 0) is 48.4 Å². The second kappa shape index (κ2) is 7.79. The molecule has 128 valence electrons. The molecular formula is C21H22N2O2. The Balaban J connectivity index is 1.76. The molecule has 4 heteroatoms. The molecule has 0 N–H and O–H groups in total. The third-order valence-corrected chi connectivity index (χ3v) is 4.02. The van der Waals surface area contributed by atoms with Crippen LogP contribution in [0.25, 0.3) is 0 Å². The molecule has 0 radical (unpaired) electrons. The van der Waals surface area contributed by atoms with Gasteiger partial charge in [-0.15, -0.1) is 0 Å². The SMILES string of the molecule is COc1ccc(Cc2cc(C)nc(Cc3ccc(OC)cc3)n2)cc1. The van der Waals surface area contributed by atoms with Gasteiger partial charge in [-0.25, -0.2) is 9.97 Å². The van der Waals surface area contributed by atoms with E-state index in [1.807, 2.05) is 49.4 Å². The molecule has 4 nitrogen and oxygen atoms in total. The summed E-state index contributed by atoms with van der Waals surface area (Å²) in [5.41, 5.74) is 4.39. The fourth-order valence-corrected chi connectivity index (χ4v) is 2.75. The molecule has 0 spiro atoms. The average molecular weight is 334 g/mol. The lowest BCUT2D eigenvalue weighted by atomic mass is 10.1. The molecule has 0 aliphatic rings. The highest BCUT2D eigenvalue weighted by Gasteiger charge is 2.06. The molecule has 3 rings (SSSR count). The predicted octanol–water partition coefficient (Wildman–Crippen LogP) is 3.98. The summed E-state index contributed by atoms with van der Waals surface area (Å²) in [7, 11) is 3.35. The van der Waals surface area contributed by atoms with Crippen molar-refractivity contribution in [3.05, 3.63) is 82.9 Å². The Morgan fingerprint density at radius 1 is 0.720 bits per heavy atom. The summed E-state index contributed by atoms with van der Waals surface area (Å²) in [6.07, 6.45) is 1.49. The van der Waals surface area contributed by atoms with Crippen LogP contribution in [-0.4, -0.2) is 24.2 Å². The van der Waals surface area contributed by atoms with Crippen molar-refractivity contribution in [2.45, 2.75) is 19.8 Å². The van der Waals surface area contributed by atoms with Gasteiger partial charge < -0.3 is 9.47 Å². The summed E-state index contributed by atoms with van der Waals surface area (Å²) < 4.78 is 10.4. The van der Waals surface area contributed by atoms with Gasteiger partial charge in [-0.2, -0.15) is 0 Å². The number of nitrogens with zero attached hydrogens (tertiary/aromatic N) is 2. The van der Waals surface area contributed by atoms with Gasteiger partial charge >= 0.3 is 0 Å². The standard InChI is InChI=1S/C21H22N2O2/c1-15-12-18(13-16-4-8-19(24-2)9-5-16)23-21(22-15)14-17-6-10-20(25-3)11-7-17/h4-12H,13-14H2,1-3H3. The highest BCUT2D eigenvalue weighted by molar-refractivity contribution is 5.31. The molecule has 2 aromatic carbocycles. The Kier molecular flexibility index (Phi) is 5.29. The monoisotopic (exact) mass is 334 g/mol. The van der Waals surface area contributed by atoms with Gasteiger partial charge in [0.05, 0.1) is 14.2 Å². The molecule has 0 aliphatic heterocycles. The number of rotatable bonds is 6. The van der Waals surface area contributed by atoms with Gasteiger partial charge in [0.25, 0.3) is 0 Å². The van der Waals surface area contributed by atoms with Crippen molar-refractivity contribution in [1.29, 1.82) is 0 Å². The number of aromatic nitrogens is 2. The number of ether oxygens (including phenoxy) is 2. The molecule has 0 unspecified atom stereocenters. The Bertz CT molecular complexity index is 760. The maximum absolute atomic E-state index is 5.21. The fraction of sp³-hybridized carbons (Fsp3) is 0.238. The van der Waals surface area contributed by atoms with E-state index >= 15 is 0 Å². The summed E-state index contributed by atoms with van der Waals surface area (Å²) in [5, 5.41) is 0. The minimum absolute atomic E-state index is 0.710. The van der Waals surface area contributed by atoms with Crippen molar-refractivity contribution < 1.29 is 9.47 Å². The molecule has 1 aromatic heterocycles. The quantitative estimate of drug-likeness (QED) is 0.684. The first kappa shape index (κ1) is 17.0. The Morgan fingerprint density at radius 2 is 1.24 bits per heavy atom. The molecule has 25 heavy (non-hydrogen) atoms. The molecule has 1 heterocycles. The van der Waals surface area contributed by atoms with Crippen molar-refractivity contribution in [3.63, 3.8) is 0 Å². The van der Waals surface area contributed by atoms with Gasteiger partial charge in [0, 0.05) is 24.2 Å². The number of hydrogen-bond donors (Lipinski definition) is 0. The van der Waals surface area contributed by atoms with Crippen molar-refractivity contribution >= 4 is 0 Å². The Morgan fingerprint density at radius 3 is 1.76 bits per heavy atom. The van der Waals surface area contributed by atoms with E-state index in [2.05, 4.69) is 17.1 Å². The fourth-order valence-electron chi connectivity index (χ4n) is 2.75. The molecule has 0 amide bonds. The van der Waals surface area contributed by atoms with E-state index in [1.54, 1.807) is 14.2 Å². The largest absolute Gasteiger partial charge is 0.497 e. The zero-order chi connectivity index (χ0) is 17.6. The molecule has 0 fully saturated rings. The lowest BCUT2D eigenvalue weighted by molar-refractivity contribution is 0.414. The third kappa shape index (κ3) is 4.57. The third-order valence-electron chi connectivity index (χ3n) is 4.02. The summed E-state index contributed by atoms with van der Waals surface area (Å²) in [4.78, 5) is 9.31.